The van der Waals surface area contributed by atoms with Crippen molar-refractivity contribution in [1.82, 2.24) is 5.32 Å². The molecule has 0 fully saturated rings. The summed E-state index contributed by atoms with van der Waals surface area (Å²) < 4.78 is 0. The van der Waals surface area contributed by atoms with Crippen molar-refractivity contribution in [2.45, 2.75) is 38.8 Å². The van der Waals surface area contributed by atoms with Crippen molar-refractivity contribution in [3.8, 4) is 0 Å². The summed E-state index contributed by atoms with van der Waals surface area (Å²) in [5, 5.41) is 3.58. The predicted octanol–water partition coefficient (Wildman–Crippen LogP) is 2.64. The molecule has 17 heavy (non-hydrogen) atoms. The third-order valence-corrected chi connectivity index (χ3v) is 2.92. The summed E-state index contributed by atoms with van der Waals surface area (Å²) in [4.78, 5) is 11.7. The maximum atomic E-state index is 11.7. The topological polar surface area (TPSA) is 55.1 Å². The molecule has 0 aliphatic heterocycles. The largest absolute Gasteiger partial charge is 0.348 e. The second-order valence-corrected chi connectivity index (χ2v) is 4.61. The van der Waals surface area contributed by atoms with Crippen LogP contribution in [0.2, 0.25) is 5.02 Å². The van der Waals surface area contributed by atoms with Gasteiger partial charge in [-0.1, -0.05) is 37.1 Å². The monoisotopic (exact) mass is 254 g/mol. The molecule has 0 saturated heterocycles. The van der Waals surface area contributed by atoms with Gasteiger partial charge in [0, 0.05) is 5.02 Å². The number of halogens is 1. The quantitative estimate of drug-likeness (QED) is 0.849. The summed E-state index contributed by atoms with van der Waals surface area (Å²) in [6.45, 7) is 3.94. The maximum Gasteiger partial charge on any atom is 0.237 e. The second-order valence-electron chi connectivity index (χ2n) is 4.18. The molecule has 2 atom stereocenters. The molecule has 1 aromatic carbocycles. The molecule has 0 aliphatic rings. The number of carbonyl (C=O) groups excluding carboxylic acids is 1. The number of hydrogen-bond donors (Lipinski definition) is 2. The summed E-state index contributed by atoms with van der Waals surface area (Å²) in [5.41, 5.74) is 6.76. The number of hydrogen-bond acceptors (Lipinski definition) is 2. The molecular weight excluding hydrogens is 236 g/mol. The lowest BCUT2D eigenvalue weighted by atomic mass is 10.1. The van der Waals surface area contributed by atoms with Gasteiger partial charge in [0.1, 0.15) is 0 Å². The van der Waals surface area contributed by atoms with Crippen LogP contribution < -0.4 is 11.1 Å². The van der Waals surface area contributed by atoms with E-state index in [2.05, 4.69) is 5.32 Å². The first kappa shape index (κ1) is 14.0. The van der Waals surface area contributed by atoms with E-state index in [1.165, 1.54) is 0 Å². The predicted molar refractivity (Wildman–Crippen MR) is 70.9 cm³/mol. The summed E-state index contributed by atoms with van der Waals surface area (Å²) in [7, 11) is 0. The van der Waals surface area contributed by atoms with E-state index in [0.29, 0.717) is 11.4 Å². The summed E-state index contributed by atoms with van der Waals surface area (Å²) >= 11 is 5.81. The third-order valence-electron chi connectivity index (χ3n) is 2.67. The van der Waals surface area contributed by atoms with E-state index in [1.807, 2.05) is 38.1 Å². The van der Waals surface area contributed by atoms with Gasteiger partial charge in [0.2, 0.25) is 5.91 Å². The van der Waals surface area contributed by atoms with Crippen LogP contribution in [0.1, 0.15) is 38.3 Å². The Bertz CT molecular complexity index is 364. The van der Waals surface area contributed by atoms with Crippen molar-refractivity contribution in [1.29, 1.82) is 0 Å². The first-order chi connectivity index (χ1) is 8.04. The lowest BCUT2D eigenvalue weighted by Crippen LogP contribution is -2.41. The molecule has 4 heteroatoms. The molecule has 0 spiro atoms. The highest BCUT2D eigenvalue weighted by Gasteiger charge is 2.15. The molecule has 0 bridgehead atoms. The van der Waals surface area contributed by atoms with Gasteiger partial charge in [-0.25, -0.2) is 0 Å². The Morgan fingerprint density at radius 1 is 1.41 bits per heavy atom. The lowest BCUT2D eigenvalue weighted by molar-refractivity contribution is -0.123. The zero-order valence-corrected chi connectivity index (χ0v) is 11.0. The molecular formula is C13H19ClN2O. The van der Waals surface area contributed by atoms with Gasteiger partial charge in [-0.3, -0.25) is 4.79 Å². The highest BCUT2D eigenvalue weighted by molar-refractivity contribution is 6.30. The molecule has 3 N–H and O–H groups in total. The van der Waals surface area contributed by atoms with Gasteiger partial charge >= 0.3 is 0 Å². The molecule has 3 nitrogen and oxygen atoms in total. The van der Waals surface area contributed by atoms with Crippen LogP contribution in [0.5, 0.6) is 0 Å². The Labute approximate surface area is 107 Å². The average molecular weight is 255 g/mol. The van der Waals surface area contributed by atoms with Crippen molar-refractivity contribution in [2.75, 3.05) is 0 Å². The normalized spacial score (nSPS) is 14.1. The van der Waals surface area contributed by atoms with E-state index in [0.717, 1.165) is 12.0 Å². The van der Waals surface area contributed by atoms with E-state index >= 15 is 0 Å². The van der Waals surface area contributed by atoms with Crippen LogP contribution >= 0.6 is 11.6 Å². The second kappa shape index (κ2) is 6.62. The van der Waals surface area contributed by atoms with Gasteiger partial charge in [0.15, 0.2) is 0 Å². The van der Waals surface area contributed by atoms with E-state index in [1.54, 1.807) is 0 Å². The SMILES string of the molecule is CCC[C@H](N)C(=O)NC(C)c1ccc(Cl)cc1. The molecule has 1 amide bonds. The van der Waals surface area contributed by atoms with E-state index < -0.39 is 6.04 Å². The minimum atomic E-state index is -0.422. The van der Waals surface area contributed by atoms with Gasteiger partial charge < -0.3 is 11.1 Å². The number of carbonyl (C=O) groups is 1. The van der Waals surface area contributed by atoms with Crippen LogP contribution in [0.15, 0.2) is 24.3 Å². The van der Waals surface area contributed by atoms with Crippen LogP contribution in [0.4, 0.5) is 0 Å². The Morgan fingerprint density at radius 2 is 2.00 bits per heavy atom. The zero-order chi connectivity index (χ0) is 12.8. The molecule has 1 unspecified atom stereocenters. The van der Waals surface area contributed by atoms with Gasteiger partial charge in [-0.2, -0.15) is 0 Å². The molecule has 0 aliphatic carbocycles. The summed E-state index contributed by atoms with van der Waals surface area (Å²) in [6, 6.07) is 6.95. The highest BCUT2D eigenvalue weighted by atomic mass is 35.5. The first-order valence-corrected chi connectivity index (χ1v) is 6.23. The van der Waals surface area contributed by atoms with Crippen molar-refractivity contribution < 1.29 is 4.79 Å². The number of nitrogens with two attached hydrogens (primary N) is 1. The smallest absolute Gasteiger partial charge is 0.237 e. The van der Waals surface area contributed by atoms with Crippen LogP contribution in [-0.2, 0) is 4.79 Å². The van der Waals surface area contributed by atoms with Crippen molar-refractivity contribution in [2.24, 2.45) is 5.73 Å². The lowest BCUT2D eigenvalue weighted by Gasteiger charge is -2.17. The average Bonchev–Trinajstić information content (AvgIpc) is 2.30. The summed E-state index contributed by atoms with van der Waals surface area (Å²) in [5.74, 6) is -0.102. The fraction of sp³-hybridized carbons (Fsp3) is 0.462. The number of rotatable bonds is 5. The Morgan fingerprint density at radius 3 is 2.53 bits per heavy atom. The molecule has 0 aromatic heterocycles. The molecule has 0 heterocycles. The van der Waals surface area contributed by atoms with Crippen LogP contribution in [0, 0.1) is 0 Å². The zero-order valence-electron chi connectivity index (χ0n) is 10.2. The van der Waals surface area contributed by atoms with Crippen LogP contribution in [-0.4, -0.2) is 11.9 Å². The van der Waals surface area contributed by atoms with E-state index in [-0.39, 0.29) is 11.9 Å². The molecule has 1 rings (SSSR count). The van der Waals surface area contributed by atoms with Crippen molar-refractivity contribution in [3.63, 3.8) is 0 Å². The standard InChI is InChI=1S/C13H19ClN2O/c1-3-4-12(15)13(17)16-9(2)10-5-7-11(14)8-6-10/h5-9,12H,3-4,15H2,1-2H3,(H,16,17)/t9?,12-/m0/s1. The number of nitrogens with one attached hydrogen (secondary N) is 1. The fourth-order valence-corrected chi connectivity index (χ4v) is 1.72. The van der Waals surface area contributed by atoms with Crippen molar-refractivity contribution >= 4 is 17.5 Å². The Kier molecular flexibility index (Phi) is 5.45. The van der Waals surface area contributed by atoms with Crippen LogP contribution in [0.25, 0.3) is 0 Å². The molecule has 0 radical (unpaired) electrons. The minimum absolute atomic E-state index is 0.0531. The maximum absolute atomic E-state index is 11.7. The molecule has 94 valence electrons. The van der Waals surface area contributed by atoms with Crippen molar-refractivity contribution in [3.05, 3.63) is 34.9 Å². The van der Waals surface area contributed by atoms with Crippen LogP contribution in [0.3, 0.4) is 0 Å². The first-order valence-electron chi connectivity index (χ1n) is 5.86. The summed E-state index contributed by atoms with van der Waals surface area (Å²) in [6.07, 6.45) is 1.61. The highest BCUT2D eigenvalue weighted by Crippen LogP contribution is 2.16. The van der Waals surface area contributed by atoms with E-state index in [9.17, 15) is 4.79 Å². The minimum Gasteiger partial charge on any atom is -0.348 e. The Hall–Kier alpha value is -1.06. The number of benzene rings is 1. The van der Waals surface area contributed by atoms with Gasteiger partial charge in [0.05, 0.1) is 12.1 Å². The molecule has 0 saturated carbocycles. The van der Waals surface area contributed by atoms with E-state index in [4.69, 9.17) is 17.3 Å². The third kappa shape index (κ3) is 4.36. The van der Waals surface area contributed by atoms with Gasteiger partial charge in [-0.15, -0.1) is 0 Å². The Balaban J connectivity index is 2.57. The van der Waals surface area contributed by atoms with Gasteiger partial charge in [0.25, 0.3) is 0 Å². The number of amides is 1. The fourth-order valence-electron chi connectivity index (χ4n) is 1.60. The van der Waals surface area contributed by atoms with Gasteiger partial charge in [-0.05, 0) is 31.0 Å². The molecule has 1 aromatic rings.